The Balaban J connectivity index is 1.99. The maximum absolute atomic E-state index is 12.1. The third kappa shape index (κ3) is 13.7. The molecule has 1 amide bonds. The normalized spacial score (nSPS) is 11.2. The minimum atomic E-state index is 0.0838. The van der Waals surface area contributed by atoms with Crippen LogP contribution in [0.1, 0.15) is 102 Å². The third-order valence-electron chi connectivity index (χ3n) is 5.49. The van der Waals surface area contributed by atoms with Crippen molar-refractivity contribution in [1.82, 2.24) is 5.32 Å². The topological polar surface area (TPSA) is 58.6 Å². The van der Waals surface area contributed by atoms with E-state index >= 15 is 0 Å². The Kier molecular flexibility index (Phi) is 16.4. The van der Waals surface area contributed by atoms with Crippen LogP contribution in [-0.2, 0) is 11.3 Å². The van der Waals surface area contributed by atoms with Crippen molar-refractivity contribution in [3.63, 3.8) is 0 Å². The van der Waals surface area contributed by atoms with E-state index in [1.54, 1.807) is 12.1 Å². The average Bonchev–Trinajstić information content (AvgIpc) is 2.76. The van der Waals surface area contributed by atoms with Crippen LogP contribution in [0, 0.1) is 3.57 Å². The molecule has 5 heteroatoms. The second-order valence-corrected chi connectivity index (χ2v) is 9.39. The summed E-state index contributed by atoms with van der Waals surface area (Å²) < 4.78 is 6.05. The van der Waals surface area contributed by atoms with E-state index in [0.717, 1.165) is 22.0 Å². The summed E-state index contributed by atoms with van der Waals surface area (Å²) >= 11 is 2.16. The Labute approximate surface area is 203 Å². The summed E-state index contributed by atoms with van der Waals surface area (Å²) in [4.78, 5) is 12.1. The van der Waals surface area contributed by atoms with Gasteiger partial charge in [0.15, 0.2) is 11.5 Å². The summed E-state index contributed by atoms with van der Waals surface area (Å²) in [7, 11) is 1.52. The van der Waals surface area contributed by atoms with E-state index in [9.17, 15) is 9.90 Å². The van der Waals surface area contributed by atoms with Gasteiger partial charge in [-0.3, -0.25) is 4.79 Å². The number of halogens is 1. The van der Waals surface area contributed by atoms with E-state index in [-0.39, 0.29) is 11.7 Å². The fraction of sp³-hybridized carbons (Fsp3) is 0.654. The van der Waals surface area contributed by atoms with Gasteiger partial charge in [-0.1, -0.05) is 70.4 Å². The van der Waals surface area contributed by atoms with Gasteiger partial charge in [-0.2, -0.15) is 0 Å². The predicted octanol–water partition coefficient (Wildman–Crippen LogP) is 7.66. The van der Waals surface area contributed by atoms with Crippen molar-refractivity contribution in [2.75, 3.05) is 7.11 Å². The highest BCUT2D eigenvalue weighted by atomic mass is 127. The number of methoxy groups -OCH3 is 1. The third-order valence-corrected chi connectivity index (χ3v) is 6.49. The van der Waals surface area contributed by atoms with Crippen molar-refractivity contribution in [2.45, 2.75) is 103 Å². The lowest BCUT2D eigenvalue weighted by molar-refractivity contribution is -0.121. The van der Waals surface area contributed by atoms with Gasteiger partial charge in [-0.15, -0.1) is 0 Å². The molecule has 0 aromatic heterocycles. The van der Waals surface area contributed by atoms with Crippen molar-refractivity contribution in [3.05, 3.63) is 33.4 Å². The number of benzene rings is 1. The van der Waals surface area contributed by atoms with Gasteiger partial charge in [-0.05, 0) is 72.4 Å². The van der Waals surface area contributed by atoms with Crippen LogP contribution in [0.4, 0.5) is 0 Å². The van der Waals surface area contributed by atoms with Crippen molar-refractivity contribution in [3.8, 4) is 11.5 Å². The highest BCUT2D eigenvalue weighted by Gasteiger charge is 2.09. The number of phenols is 1. The summed E-state index contributed by atoms with van der Waals surface area (Å²) in [5, 5.41) is 12.7. The molecule has 0 radical (unpaired) electrons. The van der Waals surface area contributed by atoms with Crippen molar-refractivity contribution < 1.29 is 14.6 Å². The molecule has 0 bridgehead atoms. The first-order chi connectivity index (χ1) is 15.1. The second kappa shape index (κ2) is 18.3. The van der Waals surface area contributed by atoms with Crippen LogP contribution < -0.4 is 10.1 Å². The standard InChI is InChI=1S/C26H42INO3/c1-3-4-5-6-7-8-9-10-11-12-13-14-15-16-17-18-26(30)28-21-22-19-25(31-2)24(29)20-23(22)27/h10-11,19-20,29H,3-9,12-18,21H2,1-2H3,(H,28,30)/b11-10-. The van der Waals surface area contributed by atoms with E-state index in [1.807, 2.05) is 0 Å². The lowest BCUT2D eigenvalue weighted by Gasteiger charge is -2.10. The van der Waals surface area contributed by atoms with E-state index in [4.69, 9.17) is 4.74 Å². The molecule has 2 N–H and O–H groups in total. The van der Waals surface area contributed by atoms with Gasteiger partial charge < -0.3 is 15.2 Å². The summed E-state index contributed by atoms with van der Waals surface area (Å²) in [5.74, 6) is 0.637. The Hall–Kier alpha value is -1.24. The van der Waals surface area contributed by atoms with E-state index < -0.39 is 0 Å². The molecule has 0 spiro atoms. The number of nitrogens with one attached hydrogen (secondary N) is 1. The Bertz CT molecular complexity index is 646. The zero-order valence-electron chi connectivity index (χ0n) is 19.6. The number of unbranched alkanes of at least 4 members (excludes halogenated alkanes) is 11. The molecule has 0 atom stereocenters. The summed E-state index contributed by atoms with van der Waals surface area (Å²) in [6.07, 6.45) is 21.6. The van der Waals surface area contributed by atoms with Crippen molar-refractivity contribution in [1.29, 1.82) is 0 Å². The number of aromatic hydroxyl groups is 1. The lowest BCUT2D eigenvalue weighted by Crippen LogP contribution is -2.22. The number of phenolic OH excluding ortho intramolecular Hbond substituents is 1. The fourth-order valence-corrected chi connectivity index (χ4v) is 4.16. The highest BCUT2D eigenvalue weighted by molar-refractivity contribution is 14.1. The molecule has 1 aromatic carbocycles. The number of amides is 1. The molecular formula is C26H42INO3. The molecule has 0 saturated carbocycles. The summed E-state index contributed by atoms with van der Waals surface area (Å²) in [6.45, 7) is 2.72. The Morgan fingerprint density at radius 3 is 2.16 bits per heavy atom. The van der Waals surface area contributed by atoms with Gasteiger partial charge in [0.25, 0.3) is 0 Å². The number of hydrogen-bond acceptors (Lipinski definition) is 3. The molecule has 4 nitrogen and oxygen atoms in total. The SMILES string of the molecule is CCCCCCCC/C=C\CCCCCCCC(=O)NCc1cc(OC)c(O)cc1I. The summed E-state index contributed by atoms with van der Waals surface area (Å²) in [5.41, 5.74) is 0.952. The van der Waals surface area contributed by atoms with Crippen molar-refractivity contribution in [2.24, 2.45) is 0 Å². The maximum atomic E-state index is 12.1. The molecule has 0 aliphatic rings. The van der Waals surface area contributed by atoms with E-state index in [0.29, 0.717) is 18.7 Å². The van der Waals surface area contributed by atoms with E-state index in [1.165, 1.54) is 77.7 Å². The van der Waals surface area contributed by atoms with Gasteiger partial charge >= 0.3 is 0 Å². The minimum Gasteiger partial charge on any atom is -0.504 e. The number of hydrogen-bond donors (Lipinski definition) is 2. The molecule has 176 valence electrons. The van der Waals surface area contributed by atoms with Gasteiger partial charge in [-0.25, -0.2) is 0 Å². The molecule has 0 aliphatic heterocycles. The van der Waals surface area contributed by atoms with Crippen LogP contribution in [0.2, 0.25) is 0 Å². The first-order valence-electron chi connectivity index (χ1n) is 12.1. The quantitative estimate of drug-likeness (QED) is 0.114. The average molecular weight is 544 g/mol. The minimum absolute atomic E-state index is 0.0838. The smallest absolute Gasteiger partial charge is 0.220 e. The highest BCUT2D eigenvalue weighted by Crippen LogP contribution is 2.30. The lowest BCUT2D eigenvalue weighted by atomic mass is 10.1. The van der Waals surface area contributed by atoms with Crippen LogP contribution in [0.3, 0.4) is 0 Å². The van der Waals surface area contributed by atoms with Crippen LogP contribution in [0.5, 0.6) is 11.5 Å². The monoisotopic (exact) mass is 543 g/mol. The molecular weight excluding hydrogens is 501 g/mol. The molecule has 0 fully saturated rings. The number of allylic oxidation sites excluding steroid dienone is 2. The van der Waals surface area contributed by atoms with Crippen molar-refractivity contribution >= 4 is 28.5 Å². The second-order valence-electron chi connectivity index (χ2n) is 8.23. The largest absolute Gasteiger partial charge is 0.504 e. The van der Waals surface area contributed by atoms with E-state index in [2.05, 4.69) is 47.0 Å². The first-order valence-corrected chi connectivity index (χ1v) is 13.1. The number of carbonyl (C=O) groups is 1. The Morgan fingerprint density at radius 1 is 0.968 bits per heavy atom. The van der Waals surface area contributed by atoms with Gasteiger partial charge in [0.1, 0.15) is 0 Å². The van der Waals surface area contributed by atoms with Gasteiger partial charge in [0.05, 0.1) is 7.11 Å². The predicted molar refractivity (Wildman–Crippen MR) is 139 cm³/mol. The molecule has 1 aromatic rings. The van der Waals surface area contributed by atoms with Gasteiger partial charge in [0, 0.05) is 16.5 Å². The summed E-state index contributed by atoms with van der Waals surface area (Å²) in [6, 6.07) is 3.43. The Morgan fingerprint density at radius 2 is 1.55 bits per heavy atom. The zero-order valence-corrected chi connectivity index (χ0v) is 21.7. The number of carbonyl (C=O) groups excluding carboxylic acids is 1. The zero-order chi connectivity index (χ0) is 22.7. The van der Waals surface area contributed by atoms with Crippen LogP contribution in [0.15, 0.2) is 24.3 Å². The molecule has 0 unspecified atom stereocenters. The van der Waals surface area contributed by atoms with Crippen LogP contribution >= 0.6 is 22.6 Å². The maximum Gasteiger partial charge on any atom is 0.220 e. The molecule has 0 saturated heterocycles. The van der Waals surface area contributed by atoms with Gasteiger partial charge in [0.2, 0.25) is 5.91 Å². The number of ether oxygens (including phenoxy) is 1. The first kappa shape index (κ1) is 27.8. The number of rotatable bonds is 18. The van der Waals surface area contributed by atoms with Crippen LogP contribution in [0.25, 0.3) is 0 Å². The molecule has 31 heavy (non-hydrogen) atoms. The molecule has 1 rings (SSSR count). The molecule has 0 heterocycles. The van der Waals surface area contributed by atoms with Crippen LogP contribution in [-0.4, -0.2) is 18.1 Å². The fourth-order valence-electron chi connectivity index (χ4n) is 3.52. The molecule has 0 aliphatic carbocycles.